The Morgan fingerprint density at radius 2 is 1.96 bits per heavy atom. The molecule has 6 nitrogen and oxygen atoms in total. The normalized spacial score (nSPS) is 28.5. The van der Waals surface area contributed by atoms with Crippen LogP contribution >= 0.6 is 0 Å². The molecule has 0 spiro atoms. The monoisotopic (exact) mass is 359 g/mol. The van der Waals surface area contributed by atoms with Crippen molar-refractivity contribution in [2.75, 3.05) is 11.9 Å². The van der Waals surface area contributed by atoms with Crippen LogP contribution < -0.4 is 5.32 Å². The summed E-state index contributed by atoms with van der Waals surface area (Å²) < 4.78 is 10.7. The van der Waals surface area contributed by atoms with Gasteiger partial charge in [0.15, 0.2) is 5.60 Å². The van der Waals surface area contributed by atoms with Crippen LogP contribution in [0, 0.1) is 10.8 Å². The first-order valence-corrected chi connectivity index (χ1v) is 9.00. The van der Waals surface area contributed by atoms with Crippen LogP contribution in [0.5, 0.6) is 0 Å². The number of esters is 2. The van der Waals surface area contributed by atoms with E-state index < -0.39 is 22.4 Å². The maximum atomic E-state index is 13.0. The second-order valence-electron chi connectivity index (χ2n) is 7.84. The van der Waals surface area contributed by atoms with Gasteiger partial charge in [0.05, 0.1) is 17.6 Å². The highest BCUT2D eigenvalue weighted by Gasteiger charge is 2.75. The number of hydrogen-bond donors (Lipinski definition) is 1. The molecular formula is C20H25NO5. The molecule has 1 heterocycles. The van der Waals surface area contributed by atoms with E-state index in [0.29, 0.717) is 30.7 Å². The van der Waals surface area contributed by atoms with Gasteiger partial charge in [-0.3, -0.25) is 9.59 Å². The minimum absolute atomic E-state index is 0.319. The molecule has 3 rings (SSSR count). The van der Waals surface area contributed by atoms with E-state index in [2.05, 4.69) is 5.32 Å². The first-order chi connectivity index (χ1) is 12.2. The highest BCUT2D eigenvalue weighted by molar-refractivity contribution is 6.03. The Morgan fingerprint density at radius 1 is 1.23 bits per heavy atom. The van der Waals surface area contributed by atoms with E-state index in [4.69, 9.17) is 9.47 Å². The largest absolute Gasteiger partial charge is 0.462 e. The van der Waals surface area contributed by atoms with Gasteiger partial charge < -0.3 is 14.8 Å². The number of fused-ring (bicyclic) bond motifs is 2. The van der Waals surface area contributed by atoms with E-state index >= 15 is 0 Å². The average Bonchev–Trinajstić information content (AvgIpc) is 2.90. The fraction of sp³-hybridized carbons (Fsp3) is 0.550. The summed E-state index contributed by atoms with van der Waals surface area (Å²) in [5, 5.41) is 2.82. The number of anilines is 1. The maximum Gasteiger partial charge on any atom is 0.338 e. The fourth-order valence-electron chi connectivity index (χ4n) is 3.98. The van der Waals surface area contributed by atoms with Crippen molar-refractivity contribution in [3.63, 3.8) is 0 Å². The number of carbonyl (C=O) groups is 3. The zero-order valence-corrected chi connectivity index (χ0v) is 15.7. The zero-order chi connectivity index (χ0) is 19.2. The van der Waals surface area contributed by atoms with Crippen molar-refractivity contribution in [2.45, 2.75) is 52.6 Å². The first-order valence-electron chi connectivity index (χ1n) is 9.00. The molecule has 1 saturated heterocycles. The van der Waals surface area contributed by atoms with Crippen LogP contribution in [0.15, 0.2) is 24.3 Å². The molecule has 1 aliphatic heterocycles. The SMILES string of the molecule is CCCOC(=O)c1cccc(NC(=O)[C@]23CC[C@@](C)(C(=O)O2)C3(C)C)c1. The summed E-state index contributed by atoms with van der Waals surface area (Å²) in [6, 6.07) is 6.59. The lowest BCUT2D eigenvalue weighted by molar-refractivity contribution is -0.165. The van der Waals surface area contributed by atoms with Gasteiger partial charge in [-0.1, -0.05) is 26.8 Å². The van der Waals surface area contributed by atoms with E-state index in [-0.39, 0.29) is 11.9 Å². The summed E-state index contributed by atoms with van der Waals surface area (Å²) in [5.41, 5.74) is -1.61. The van der Waals surface area contributed by atoms with E-state index in [1.54, 1.807) is 24.3 Å². The van der Waals surface area contributed by atoms with Gasteiger partial charge in [0.25, 0.3) is 5.91 Å². The zero-order valence-electron chi connectivity index (χ0n) is 15.7. The molecule has 26 heavy (non-hydrogen) atoms. The second-order valence-corrected chi connectivity index (χ2v) is 7.84. The molecule has 1 amide bonds. The maximum absolute atomic E-state index is 13.0. The van der Waals surface area contributed by atoms with Crippen LogP contribution in [-0.2, 0) is 19.1 Å². The van der Waals surface area contributed by atoms with Crippen molar-refractivity contribution in [3.8, 4) is 0 Å². The third-order valence-electron chi connectivity index (χ3n) is 6.24. The van der Waals surface area contributed by atoms with Crippen molar-refractivity contribution in [1.82, 2.24) is 0 Å². The number of benzene rings is 1. The van der Waals surface area contributed by atoms with E-state index in [1.165, 1.54) is 0 Å². The Kier molecular flexibility index (Phi) is 4.33. The molecule has 1 N–H and O–H groups in total. The van der Waals surface area contributed by atoms with Crippen molar-refractivity contribution < 1.29 is 23.9 Å². The second kappa shape index (κ2) is 6.11. The average molecular weight is 359 g/mol. The van der Waals surface area contributed by atoms with Crippen LogP contribution in [0.25, 0.3) is 0 Å². The molecule has 1 aliphatic carbocycles. The highest BCUT2D eigenvalue weighted by Crippen LogP contribution is 2.65. The molecular weight excluding hydrogens is 334 g/mol. The van der Waals surface area contributed by atoms with Crippen molar-refractivity contribution in [1.29, 1.82) is 0 Å². The van der Waals surface area contributed by atoms with Crippen LogP contribution in [-0.4, -0.2) is 30.1 Å². The van der Waals surface area contributed by atoms with Gasteiger partial charge in [-0.15, -0.1) is 0 Å². The van der Waals surface area contributed by atoms with Gasteiger partial charge in [-0.25, -0.2) is 4.79 Å². The minimum Gasteiger partial charge on any atom is -0.462 e. The molecule has 1 saturated carbocycles. The van der Waals surface area contributed by atoms with Gasteiger partial charge in [0, 0.05) is 11.1 Å². The van der Waals surface area contributed by atoms with Crippen molar-refractivity contribution in [3.05, 3.63) is 29.8 Å². The van der Waals surface area contributed by atoms with Crippen molar-refractivity contribution in [2.24, 2.45) is 10.8 Å². The van der Waals surface area contributed by atoms with Gasteiger partial charge in [-0.05, 0) is 44.4 Å². The molecule has 1 aromatic carbocycles. The third-order valence-corrected chi connectivity index (χ3v) is 6.24. The molecule has 1 aromatic rings. The molecule has 2 atom stereocenters. The van der Waals surface area contributed by atoms with E-state index in [1.807, 2.05) is 27.7 Å². The molecule has 140 valence electrons. The number of nitrogens with one attached hydrogen (secondary N) is 1. The standard InChI is InChI=1S/C20H25NO5/c1-5-11-25-15(22)13-7-6-8-14(12-13)21-16(23)20-10-9-19(4,17(24)26-20)18(20,2)3/h6-8,12H,5,9-11H2,1-4H3,(H,21,23)/t19-,20-/m0/s1. The molecule has 0 unspecified atom stereocenters. The van der Waals surface area contributed by atoms with Crippen molar-refractivity contribution >= 4 is 23.5 Å². The van der Waals surface area contributed by atoms with Gasteiger partial charge >= 0.3 is 11.9 Å². The number of rotatable bonds is 5. The van der Waals surface area contributed by atoms with Crippen LogP contribution in [0.1, 0.15) is 57.3 Å². The van der Waals surface area contributed by atoms with E-state index in [9.17, 15) is 14.4 Å². The summed E-state index contributed by atoms with van der Waals surface area (Å²) in [6.07, 6.45) is 1.85. The summed E-state index contributed by atoms with van der Waals surface area (Å²) in [5.74, 6) is -1.10. The number of amides is 1. The van der Waals surface area contributed by atoms with Gasteiger partial charge in [-0.2, -0.15) is 0 Å². The Labute approximate surface area is 153 Å². The smallest absolute Gasteiger partial charge is 0.338 e. The first kappa shape index (κ1) is 18.4. The minimum atomic E-state index is -1.18. The summed E-state index contributed by atoms with van der Waals surface area (Å²) in [7, 11) is 0. The molecule has 0 radical (unpaired) electrons. The summed E-state index contributed by atoms with van der Waals surface area (Å²) >= 11 is 0. The van der Waals surface area contributed by atoms with Gasteiger partial charge in [0.2, 0.25) is 0 Å². The van der Waals surface area contributed by atoms with Gasteiger partial charge in [0.1, 0.15) is 0 Å². The number of carbonyl (C=O) groups excluding carboxylic acids is 3. The fourth-order valence-corrected chi connectivity index (χ4v) is 3.98. The lowest BCUT2D eigenvalue weighted by atomic mass is 9.66. The Hall–Kier alpha value is -2.37. The van der Waals surface area contributed by atoms with Crippen LogP contribution in [0.2, 0.25) is 0 Å². The topological polar surface area (TPSA) is 81.7 Å². The Balaban J connectivity index is 1.81. The molecule has 2 fully saturated rings. The third kappa shape index (κ3) is 2.42. The predicted molar refractivity (Wildman–Crippen MR) is 95.6 cm³/mol. The van der Waals surface area contributed by atoms with Crippen LogP contribution in [0.3, 0.4) is 0 Å². The Bertz CT molecular complexity index is 771. The summed E-state index contributed by atoms with van der Waals surface area (Å²) in [6.45, 7) is 7.94. The Morgan fingerprint density at radius 3 is 2.54 bits per heavy atom. The molecule has 0 aromatic heterocycles. The molecule has 6 heteroatoms. The predicted octanol–water partition coefficient (Wildman–Crippen LogP) is 3.31. The lowest BCUT2D eigenvalue weighted by Gasteiger charge is -2.35. The number of hydrogen-bond acceptors (Lipinski definition) is 5. The number of ether oxygens (including phenoxy) is 2. The summed E-state index contributed by atoms with van der Waals surface area (Å²) in [4.78, 5) is 37.4. The van der Waals surface area contributed by atoms with Crippen LogP contribution in [0.4, 0.5) is 5.69 Å². The highest BCUT2D eigenvalue weighted by atomic mass is 16.6. The molecule has 2 aliphatic rings. The lowest BCUT2D eigenvalue weighted by Crippen LogP contribution is -2.50. The molecule has 2 bridgehead atoms. The van der Waals surface area contributed by atoms with E-state index in [0.717, 1.165) is 6.42 Å². The quantitative estimate of drug-likeness (QED) is 0.816.